The second-order valence-corrected chi connectivity index (χ2v) is 8.45. The van der Waals surface area contributed by atoms with E-state index in [0.717, 1.165) is 12.8 Å². The molecule has 22 heavy (non-hydrogen) atoms. The summed E-state index contributed by atoms with van der Waals surface area (Å²) in [5.41, 5.74) is 7.04. The third-order valence-electron chi connectivity index (χ3n) is 5.36. The van der Waals surface area contributed by atoms with Crippen LogP contribution in [0.2, 0.25) is 0 Å². The maximum atomic E-state index is 12.8. The average molecular weight is 307 g/mol. The minimum atomic E-state index is -0.222. The van der Waals surface area contributed by atoms with Crippen LogP contribution < -0.4 is 11.1 Å². The molecule has 1 saturated heterocycles. The maximum absolute atomic E-state index is 12.8. The van der Waals surface area contributed by atoms with Gasteiger partial charge >= 0.3 is 6.03 Å². The first-order valence-corrected chi connectivity index (χ1v) is 8.66. The van der Waals surface area contributed by atoms with Crippen LogP contribution in [-0.2, 0) is 0 Å². The van der Waals surface area contributed by atoms with Crippen LogP contribution >= 0.6 is 0 Å². The van der Waals surface area contributed by atoms with Crippen molar-refractivity contribution in [3.8, 4) is 0 Å². The number of hydrogen-bond donors (Lipinski definition) is 2. The monoisotopic (exact) mass is 307 g/mol. The molecule has 0 radical (unpaired) electrons. The van der Waals surface area contributed by atoms with E-state index < -0.39 is 0 Å². The van der Waals surface area contributed by atoms with Crippen molar-refractivity contribution in [1.82, 2.24) is 10.2 Å². The first kappa shape index (κ1) is 17.3. The summed E-state index contributed by atoms with van der Waals surface area (Å²) in [6.07, 6.45) is 8.76. The van der Waals surface area contributed by atoms with Gasteiger partial charge in [-0.25, -0.2) is 4.79 Å². The Bertz CT molecular complexity index is 429. The smallest absolute Gasteiger partial charge is 0.322 e. The first-order valence-electron chi connectivity index (χ1n) is 8.66. The molecule has 0 unspecified atom stereocenters. The highest BCUT2D eigenvalue weighted by Gasteiger charge is 2.46. The summed E-state index contributed by atoms with van der Waals surface area (Å²) >= 11 is 0. The number of likely N-dealkylation sites (tertiary alicyclic amines) is 1. The molecule has 1 saturated carbocycles. The lowest BCUT2D eigenvalue weighted by Crippen LogP contribution is -2.66. The molecule has 2 fully saturated rings. The summed E-state index contributed by atoms with van der Waals surface area (Å²) in [6, 6.07) is 0.157. The van der Waals surface area contributed by atoms with Crippen molar-refractivity contribution in [2.45, 2.75) is 90.3 Å². The van der Waals surface area contributed by atoms with Gasteiger partial charge in [0.2, 0.25) is 0 Å². The van der Waals surface area contributed by atoms with Crippen LogP contribution in [0.5, 0.6) is 0 Å². The van der Waals surface area contributed by atoms with Crippen molar-refractivity contribution < 1.29 is 4.79 Å². The Balaban J connectivity index is 2.08. The molecule has 1 heterocycles. The van der Waals surface area contributed by atoms with Crippen molar-refractivity contribution in [2.24, 2.45) is 11.7 Å². The average Bonchev–Trinajstić information content (AvgIpc) is 2.85. The third kappa shape index (κ3) is 3.65. The van der Waals surface area contributed by atoms with Crippen molar-refractivity contribution in [3.05, 3.63) is 11.8 Å². The van der Waals surface area contributed by atoms with E-state index in [1.54, 1.807) is 0 Å². The van der Waals surface area contributed by atoms with Gasteiger partial charge in [0.1, 0.15) is 0 Å². The van der Waals surface area contributed by atoms with E-state index in [2.05, 4.69) is 39.9 Å². The lowest BCUT2D eigenvalue weighted by Gasteiger charge is -2.54. The number of allylic oxidation sites excluding steroid dienone is 1. The van der Waals surface area contributed by atoms with E-state index in [1.165, 1.54) is 31.3 Å². The van der Waals surface area contributed by atoms with Crippen molar-refractivity contribution in [3.63, 3.8) is 0 Å². The van der Waals surface area contributed by atoms with Crippen LogP contribution in [0.15, 0.2) is 11.8 Å². The number of nitrogens with zero attached hydrogens (tertiary/aromatic N) is 1. The van der Waals surface area contributed by atoms with Gasteiger partial charge in [-0.15, -0.1) is 0 Å². The quantitative estimate of drug-likeness (QED) is 0.816. The molecule has 2 rings (SSSR count). The van der Waals surface area contributed by atoms with E-state index in [9.17, 15) is 4.79 Å². The van der Waals surface area contributed by atoms with Gasteiger partial charge in [-0.1, -0.05) is 18.4 Å². The van der Waals surface area contributed by atoms with E-state index >= 15 is 0 Å². The van der Waals surface area contributed by atoms with E-state index in [4.69, 9.17) is 5.73 Å². The van der Waals surface area contributed by atoms with Gasteiger partial charge < -0.3 is 16.0 Å². The number of nitrogens with two attached hydrogens (primary N) is 1. The maximum Gasteiger partial charge on any atom is 0.322 e. The van der Waals surface area contributed by atoms with Gasteiger partial charge in [-0.05, 0) is 66.2 Å². The SMILES string of the molecule is C/C(=C\NC(=O)N1C(C)(C)CC(N)CC1(C)C)C1CCCC1. The normalized spacial score (nSPS) is 26.3. The van der Waals surface area contributed by atoms with Gasteiger partial charge in [-0.3, -0.25) is 0 Å². The highest BCUT2D eigenvalue weighted by molar-refractivity contribution is 5.77. The first-order chi connectivity index (χ1) is 10.1. The summed E-state index contributed by atoms with van der Waals surface area (Å²) in [4.78, 5) is 14.8. The number of rotatable bonds is 2. The number of urea groups is 1. The highest BCUT2D eigenvalue weighted by Crippen LogP contribution is 2.37. The molecule has 2 aliphatic rings. The molecule has 0 atom stereocenters. The lowest BCUT2D eigenvalue weighted by molar-refractivity contribution is 0.00439. The molecule has 2 amide bonds. The Labute approximate surface area is 135 Å². The molecule has 0 aromatic heterocycles. The summed E-state index contributed by atoms with van der Waals surface area (Å²) in [6.45, 7) is 10.6. The third-order valence-corrected chi connectivity index (χ3v) is 5.36. The Morgan fingerprint density at radius 3 is 2.14 bits per heavy atom. The Morgan fingerprint density at radius 2 is 1.64 bits per heavy atom. The van der Waals surface area contributed by atoms with Gasteiger partial charge in [-0.2, -0.15) is 0 Å². The molecule has 126 valence electrons. The largest absolute Gasteiger partial charge is 0.328 e. The second-order valence-electron chi connectivity index (χ2n) is 8.45. The summed E-state index contributed by atoms with van der Waals surface area (Å²) < 4.78 is 0. The number of nitrogens with one attached hydrogen (secondary N) is 1. The van der Waals surface area contributed by atoms with Crippen molar-refractivity contribution in [1.29, 1.82) is 0 Å². The molecular formula is C18H33N3O. The van der Waals surface area contributed by atoms with E-state index in [0.29, 0.717) is 5.92 Å². The fourth-order valence-corrected chi connectivity index (χ4v) is 4.65. The van der Waals surface area contributed by atoms with Crippen LogP contribution in [0.4, 0.5) is 4.79 Å². The molecule has 4 nitrogen and oxygen atoms in total. The lowest BCUT2D eigenvalue weighted by atomic mass is 9.77. The summed E-state index contributed by atoms with van der Waals surface area (Å²) in [7, 11) is 0. The Morgan fingerprint density at radius 1 is 1.14 bits per heavy atom. The van der Waals surface area contributed by atoms with Gasteiger partial charge in [0, 0.05) is 23.3 Å². The molecule has 3 N–H and O–H groups in total. The molecular weight excluding hydrogens is 274 g/mol. The highest BCUT2D eigenvalue weighted by atomic mass is 16.2. The zero-order valence-electron chi connectivity index (χ0n) is 14.9. The van der Waals surface area contributed by atoms with Crippen LogP contribution in [0.25, 0.3) is 0 Å². The summed E-state index contributed by atoms with van der Waals surface area (Å²) in [5, 5.41) is 3.04. The van der Waals surface area contributed by atoms with Gasteiger partial charge in [0.15, 0.2) is 0 Å². The number of hydrogen-bond acceptors (Lipinski definition) is 2. The van der Waals surface area contributed by atoms with E-state index in [-0.39, 0.29) is 23.2 Å². The van der Waals surface area contributed by atoms with Crippen molar-refractivity contribution in [2.75, 3.05) is 0 Å². The van der Waals surface area contributed by atoms with Crippen LogP contribution in [0.3, 0.4) is 0 Å². The topological polar surface area (TPSA) is 58.4 Å². The van der Waals surface area contributed by atoms with E-state index in [1.807, 2.05) is 11.1 Å². The van der Waals surface area contributed by atoms with Crippen LogP contribution in [0.1, 0.15) is 73.1 Å². The molecule has 0 bridgehead atoms. The molecule has 0 aromatic carbocycles. The summed E-state index contributed by atoms with van der Waals surface area (Å²) in [5.74, 6) is 0.649. The van der Waals surface area contributed by atoms with Crippen LogP contribution in [0, 0.1) is 5.92 Å². The molecule has 1 aliphatic carbocycles. The number of carbonyl (C=O) groups is 1. The molecule has 0 aromatic rings. The minimum Gasteiger partial charge on any atom is -0.328 e. The zero-order chi connectivity index (χ0) is 16.5. The predicted octanol–water partition coefficient (Wildman–Crippen LogP) is 3.77. The second kappa shape index (κ2) is 6.23. The molecule has 4 heteroatoms. The molecule has 1 aliphatic heterocycles. The minimum absolute atomic E-state index is 0.000697. The van der Waals surface area contributed by atoms with Crippen molar-refractivity contribution >= 4 is 6.03 Å². The number of piperidine rings is 1. The standard InChI is InChI=1S/C18H33N3O/c1-13(14-8-6-7-9-14)12-20-16(22)21-17(2,3)10-15(19)11-18(21,4)5/h12,14-15H,6-11,19H2,1-5H3,(H,20,22)/b13-12+. The fraction of sp³-hybridized carbons (Fsp3) is 0.833. The Kier molecular flexibility index (Phi) is 4.90. The van der Waals surface area contributed by atoms with Gasteiger partial charge in [0.05, 0.1) is 0 Å². The number of amides is 2. The number of carbonyl (C=O) groups excluding carboxylic acids is 1. The fourth-order valence-electron chi connectivity index (χ4n) is 4.65. The van der Waals surface area contributed by atoms with Gasteiger partial charge in [0.25, 0.3) is 0 Å². The van der Waals surface area contributed by atoms with Crippen LogP contribution in [-0.4, -0.2) is 28.1 Å². The molecule has 0 spiro atoms. The predicted molar refractivity (Wildman–Crippen MR) is 91.5 cm³/mol. The Hall–Kier alpha value is -1.03. The zero-order valence-corrected chi connectivity index (χ0v) is 14.9.